The summed E-state index contributed by atoms with van der Waals surface area (Å²) in [5, 5.41) is 2.69. The molecule has 128 valence electrons. The van der Waals surface area contributed by atoms with E-state index >= 15 is 0 Å². The first-order chi connectivity index (χ1) is 11.9. The lowest BCUT2D eigenvalue weighted by Crippen LogP contribution is -2.32. The van der Waals surface area contributed by atoms with Crippen LogP contribution in [-0.2, 0) is 9.59 Å². The van der Waals surface area contributed by atoms with Gasteiger partial charge >= 0.3 is 0 Å². The van der Waals surface area contributed by atoms with Gasteiger partial charge in [0, 0.05) is 10.7 Å². The van der Waals surface area contributed by atoms with Crippen molar-refractivity contribution in [3.63, 3.8) is 0 Å². The Morgan fingerprint density at radius 1 is 1.08 bits per heavy atom. The minimum absolute atomic E-state index is 0.153. The molecule has 1 aliphatic heterocycles. The largest absolute Gasteiger partial charge is 0.495 e. The molecule has 2 aromatic rings. The molecule has 0 fully saturated rings. The topological polar surface area (TPSA) is 58.6 Å². The Kier molecular flexibility index (Phi) is 4.65. The van der Waals surface area contributed by atoms with Gasteiger partial charge in [0.05, 0.1) is 12.8 Å². The molecule has 0 saturated heterocycles. The van der Waals surface area contributed by atoms with E-state index in [1.807, 2.05) is 0 Å². The molecule has 0 atom stereocenters. The van der Waals surface area contributed by atoms with Crippen molar-refractivity contribution in [2.45, 2.75) is 0 Å². The number of anilines is 2. The van der Waals surface area contributed by atoms with Gasteiger partial charge in [-0.15, -0.1) is 0 Å². The van der Waals surface area contributed by atoms with Crippen molar-refractivity contribution in [1.29, 1.82) is 0 Å². The minimum Gasteiger partial charge on any atom is -0.495 e. The van der Waals surface area contributed by atoms with Gasteiger partial charge in [-0.05, 0) is 36.4 Å². The van der Waals surface area contributed by atoms with Crippen LogP contribution in [0.3, 0.4) is 0 Å². The Hall–Kier alpha value is -2.57. The highest BCUT2D eigenvalue weighted by Gasteiger charge is 2.40. The third kappa shape index (κ3) is 3.18. The Morgan fingerprint density at radius 3 is 2.52 bits per heavy atom. The van der Waals surface area contributed by atoms with Crippen LogP contribution in [0.5, 0.6) is 5.75 Å². The van der Waals surface area contributed by atoms with E-state index in [0.717, 1.165) is 4.90 Å². The average molecular weight is 381 g/mol. The van der Waals surface area contributed by atoms with E-state index in [0.29, 0.717) is 5.02 Å². The number of rotatable bonds is 4. The number of imide groups is 1. The molecule has 0 spiro atoms. The van der Waals surface area contributed by atoms with Crippen molar-refractivity contribution in [2.24, 2.45) is 0 Å². The van der Waals surface area contributed by atoms with Crippen molar-refractivity contribution in [3.8, 4) is 5.75 Å². The van der Waals surface area contributed by atoms with Crippen LogP contribution in [0.4, 0.5) is 15.8 Å². The van der Waals surface area contributed by atoms with E-state index in [-0.39, 0.29) is 27.9 Å². The summed E-state index contributed by atoms with van der Waals surface area (Å²) in [5.74, 6) is -1.64. The molecule has 5 nitrogen and oxygen atoms in total. The first kappa shape index (κ1) is 17.3. The number of hydrogen-bond acceptors (Lipinski definition) is 4. The van der Waals surface area contributed by atoms with Crippen LogP contribution in [0.25, 0.3) is 0 Å². The van der Waals surface area contributed by atoms with Gasteiger partial charge in [-0.2, -0.15) is 0 Å². The Balaban J connectivity index is 1.98. The summed E-state index contributed by atoms with van der Waals surface area (Å²) >= 11 is 12.0. The lowest BCUT2D eigenvalue weighted by Gasteiger charge is -2.18. The van der Waals surface area contributed by atoms with Crippen LogP contribution < -0.4 is 15.0 Å². The second-order valence-corrected chi connectivity index (χ2v) is 5.90. The SMILES string of the molecule is COc1ccc(Cl)cc1N1C(=O)C(Cl)=C(Nc2cccc(F)c2)C1=O. The van der Waals surface area contributed by atoms with Crippen LogP contribution in [0.15, 0.2) is 53.2 Å². The number of amides is 2. The molecule has 0 aliphatic carbocycles. The van der Waals surface area contributed by atoms with Crippen molar-refractivity contribution >= 4 is 46.4 Å². The fourth-order valence-electron chi connectivity index (χ4n) is 2.38. The highest BCUT2D eigenvalue weighted by Crippen LogP contribution is 2.37. The molecule has 0 aromatic heterocycles. The summed E-state index contributed by atoms with van der Waals surface area (Å²) in [6.07, 6.45) is 0. The Labute approximate surface area is 152 Å². The number of halogens is 3. The maximum Gasteiger partial charge on any atom is 0.283 e. The number of ether oxygens (including phenoxy) is 1. The van der Waals surface area contributed by atoms with Gasteiger partial charge in [0.15, 0.2) is 0 Å². The van der Waals surface area contributed by atoms with Crippen molar-refractivity contribution < 1.29 is 18.7 Å². The molecule has 2 amide bonds. The maximum atomic E-state index is 13.3. The fourth-order valence-corrected chi connectivity index (χ4v) is 2.76. The highest BCUT2D eigenvalue weighted by atomic mass is 35.5. The molecule has 2 aromatic carbocycles. The van der Waals surface area contributed by atoms with Gasteiger partial charge in [-0.1, -0.05) is 29.3 Å². The number of methoxy groups -OCH3 is 1. The lowest BCUT2D eigenvalue weighted by atomic mass is 10.2. The zero-order valence-corrected chi connectivity index (χ0v) is 14.4. The molecule has 3 rings (SSSR count). The van der Waals surface area contributed by atoms with E-state index in [4.69, 9.17) is 27.9 Å². The zero-order chi connectivity index (χ0) is 18.1. The lowest BCUT2D eigenvalue weighted by molar-refractivity contribution is -0.120. The third-order valence-corrected chi connectivity index (χ3v) is 4.09. The zero-order valence-electron chi connectivity index (χ0n) is 12.8. The molecule has 25 heavy (non-hydrogen) atoms. The molecular weight excluding hydrogens is 370 g/mol. The summed E-state index contributed by atoms with van der Waals surface area (Å²) in [6, 6.07) is 9.96. The summed E-state index contributed by atoms with van der Waals surface area (Å²) in [6.45, 7) is 0. The third-order valence-electron chi connectivity index (χ3n) is 3.50. The molecular formula is C17H11Cl2FN2O3. The maximum absolute atomic E-state index is 13.3. The average Bonchev–Trinajstić information content (AvgIpc) is 2.78. The minimum atomic E-state index is -0.730. The number of carbonyl (C=O) groups is 2. The summed E-state index contributed by atoms with van der Waals surface area (Å²) < 4.78 is 18.5. The number of carbonyl (C=O) groups excluding carboxylic acids is 2. The van der Waals surface area contributed by atoms with Gasteiger partial charge < -0.3 is 10.1 Å². The van der Waals surface area contributed by atoms with E-state index in [9.17, 15) is 14.0 Å². The number of nitrogens with one attached hydrogen (secondary N) is 1. The molecule has 1 aliphatic rings. The van der Waals surface area contributed by atoms with Crippen LogP contribution in [0.1, 0.15) is 0 Å². The van der Waals surface area contributed by atoms with Gasteiger partial charge in [-0.25, -0.2) is 9.29 Å². The van der Waals surface area contributed by atoms with Gasteiger partial charge in [-0.3, -0.25) is 9.59 Å². The quantitative estimate of drug-likeness (QED) is 0.816. The molecule has 0 unspecified atom stereocenters. The molecule has 0 bridgehead atoms. The highest BCUT2D eigenvalue weighted by molar-refractivity contribution is 6.53. The van der Waals surface area contributed by atoms with E-state index in [1.54, 1.807) is 12.1 Å². The second kappa shape index (κ2) is 6.74. The Morgan fingerprint density at radius 2 is 1.84 bits per heavy atom. The fraction of sp³-hybridized carbons (Fsp3) is 0.0588. The summed E-state index contributed by atoms with van der Waals surface area (Å²) in [7, 11) is 1.40. The first-order valence-electron chi connectivity index (χ1n) is 7.07. The molecule has 8 heteroatoms. The number of nitrogens with zero attached hydrogens (tertiary/aromatic N) is 1. The summed E-state index contributed by atoms with van der Waals surface area (Å²) in [4.78, 5) is 26.0. The van der Waals surface area contributed by atoms with E-state index < -0.39 is 17.6 Å². The predicted octanol–water partition coefficient (Wildman–Crippen LogP) is 3.92. The Bertz CT molecular complexity index is 915. The van der Waals surface area contributed by atoms with Crippen molar-refractivity contribution in [2.75, 3.05) is 17.3 Å². The standard InChI is InChI=1S/C17H11Cl2FN2O3/c1-25-13-6-5-9(18)7-12(13)22-16(23)14(19)15(17(22)24)21-11-4-2-3-10(20)8-11/h2-8,21H,1H3. The van der Waals surface area contributed by atoms with Crippen LogP contribution in [0.2, 0.25) is 5.02 Å². The first-order valence-corrected chi connectivity index (χ1v) is 7.82. The number of hydrogen-bond donors (Lipinski definition) is 1. The molecule has 1 heterocycles. The van der Waals surface area contributed by atoms with Crippen molar-refractivity contribution in [3.05, 3.63) is 64.0 Å². The smallest absolute Gasteiger partial charge is 0.283 e. The van der Waals surface area contributed by atoms with Gasteiger partial charge in [0.2, 0.25) is 0 Å². The van der Waals surface area contributed by atoms with Crippen LogP contribution in [0, 0.1) is 5.82 Å². The second-order valence-electron chi connectivity index (χ2n) is 5.09. The number of benzene rings is 2. The molecule has 0 radical (unpaired) electrons. The normalized spacial score (nSPS) is 14.3. The predicted molar refractivity (Wildman–Crippen MR) is 93.4 cm³/mol. The molecule has 1 N–H and O–H groups in total. The van der Waals surface area contributed by atoms with Gasteiger partial charge in [0.25, 0.3) is 11.8 Å². The van der Waals surface area contributed by atoms with Gasteiger partial charge in [0.1, 0.15) is 22.3 Å². The monoisotopic (exact) mass is 380 g/mol. The summed E-state index contributed by atoms with van der Waals surface area (Å²) in [5.41, 5.74) is 0.299. The van der Waals surface area contributed by atoms with E-state index in [1.165, 1.54) is 37.4 Å². The van der Waals surface area contributed by atoms with E-state index in [2.05, 4.69) is 5.32 Å². The van der Waals surface area contributed by atoms with Crippen LogP contribution >= 0.6 is 23.2 Å². The molecule has 0 saturated carbocycles. The van der Waals surface area contributed by atoms with Crippen LogP contribution in [-0.4, -0.2) is 18.9 Å². The van der Waals surface area contributed by atoms with Crippen molar-refractivity contribution in [1.82, 2.24) is 0 Å².